The zero-order valence-electron chi connectivity index (χ0n) is 16.3. The van der Waals surface area contributed by atoms with Crippen LogP contribution in [0.3, 0.4) is 0 Å². The number of fused-ring (bicyclic) bond motifs is 1. The number of carbonyl (C=O) groups excluding carboxylic acids is 1. The molecular weight excluding hydrogens is 354 g/mol. The third-order valence-corrected chi connectivity index (χ3v) is 4.83. The van der Waals surface area contributed by atoms with E-state index in [4.69, 9.17) is 8.94 Å². The van der Waals surface area contributed by atoms with Gasteiger partial charge in [0.2, 0.25) is 0 Å². The standard InChI is InChI=1S/C22H21N3O3/c1-5-15-8-6-7-9-18(15)23-21(26)17-11-19(16-10-12(2)27-14(16)4)24-22-20(17)13(3)25-28-22/h6-11H,5H2,1-4H3,(H,23,26). The Labute approximate surface area is 162 Å². The van der Waals surface area contributed by atoms with E-state index in [1.54, 1.807) is 13.0 Å². The van der Waals surface area contributed by atoms with Crippen LogP contribution in [0.5, 0.6) is 0 Å². The summed E-state index contributed by atoms with van der Waals surface area (Å²) in [6.07, 6.45) is 0.827. The first-order valence-electron chi connectivity index (χ1n) is 9.21. The molecule has 0 aliphatic heterocycles. The van der Waals surface area contributed by atoms with E-state index in [-0.39, 0.29) is 5.91 Å². The molecule has 0 fully saturated rings. The zero-order chi connectivity index (χ0) is 19.8. The molecule has 0 atom stereocenters. The van der Waals surface area contributed by atoms with E-state index >= 15 is 0 Å². The van der Waals surface area contributed by atoms with Crippen molar-refractivity contribution in [2.45, 2.75) is 34.1 Å². The predicted molar refractivity (Wildman–Crippen MR) is 107 cm³/mol. The second-order valence-electron chi connectivity index (χ2n) is 6.79. The Morgan fingerprint density at radius 2 is 1.93 bits per heavy atom. The number of anilines is 1. The highest BCUT2D eigenvalue weighted by Gasteiger charge is 2.21. The molecule has 0 unspecified atom stereocenters. The molecule has 0 saturated carbocycles. The molecule has 0 aliphatic carbocycles. The summed E-state index contributed by atoms with van der Waals surface area (Å²) in [4.78, 5) is 17.7. The number of benzene rings is 1. The highest BCUT2D eigenvalue weighted by atomic mass is 16.5. The van der Waals surface area contributed by atoms with Crippen LogP contribution in [-0.4, -0.2) is 16.0 Å². The number of amides is 1. The van der Waals surface area contributed by atoms with Gasteiger partial charge >= 0.3 is 0 Å². The molecule has 0 bridgehead atoms. The molecule has 0 radical (unpaired) electrons. The van der Waals surface area contributed by atoms with Gasteiger partial charge in [-0.15, -0.1) is 0 Å². The van der Waals surface area contributed by atoms with Crippen LogP contribution in [0.1, 0.15) is 40.1 Å². The molecular formula is C22H21N3O3. The third kappa shape index (κ3) is 3.07. The highest BCUT2D eigenvalue weighted by Crippen LogP contribution is 2.31. The summed E-state index contributed by atoms with van der Waals surface area (Å²) in [7, 11) is 0. The topological polar surface area (TPSA) is 81.2 Å². The highest BCUT2D eigenvalue weighted by molar-refractivity contribution is 6.13. The maximum absolute atomic E-state index is 13.2. The molecule has 4 rings (SSSR count). The minimum absolute atomic E-state index is 0.223. The first kappa shape index (κ1) is 18.0. The van der Waals surface area contributed by atoms with Gasteiger partial charge in [0.05, 0.1) is 22.3 Å². The minimum atomic E-state index is -0.223. The van der Waals surface area contributed by atoms with Gasteiger partial charge in [0.1, 0.15) is 11.5 Å². The number of aromatic nitrogens is 2. The van der Waals surface area contributed by atoms with Crippen molar-refractivity contribution >= 4 is 22.7 Å². The van der Waals surface area contributed by atoms with Gasteiger partial charge in [-0.1, -0.05) is 30.3 Å². The Morgan fingerprint density at radius 1 is 1.14 bits per heavy atom. The number of nitrogens with one attached hydrogen (secondary N) is 1. The number of hydrogen-bond donors (Lipinski definition) is 1. The van der Waals surface area contributed by atoms with Gasteiger partial charge in [-0.05, 0) is 51.0 Å². The van der Waals surface area contributed by atoms with E-state index in [1.807, 2.05) is 44.2 Å². The van der Waals surface area contributed by atoms with Gasteiger partial charge < -0.3 is 14.3 Å². The second-order valence-corrected chi connectivity index (χ2v) is 6.79. The van der Waals surface area contributed by atoms with Crippen LogP contribution in [0.25, 0.3) is 22.4 Å². The van der Waals surface area contributed by atoms with Crippen molar-refractivity contribution in [2.24, 2.45) is 0 Å². The molecule has 0 spiro atoms. The lowest BCUT2D eigenvalue weighted by atomic mass is 10.0. The van der Waals surface area contributed by atoms with Crippen LogP contribution in [0.15, 0.2) is 45.3 Å². The summed E-state index contributed by atoms with van der Waals surface area (Å²) in [6, 6.07) is 11.5. The maximum Gasteiger partial charge on any atom is 0.259 e. The smallest absolute Gasteiger partial charge is 0.259 e. The lowest BCUT2D eigenvalue weighted by molar-refractivity contribution is 0.102. The normalized spacial score (nSPS) is 11.1. The number of para-hydroxylation sites is 1. The average molecular weight is 375 g/mol. The second kappa shape index (κ2) is 6.96. The molecule has 1 amide bonds. The molecule has 0 aliphatic rings. The Balaban J connectivity index is 1.84. The lowest BCUT2D eigenvalue weighted by Crippen LogP contribution is -2.14. The molecule has 28 heavy (non-hydrogen) atoms. The van der Waals surface area contributed by atoms with Gasteiger partial charge in [-0.2, -0.15) is 0 Å². The fourth-order valence-electron chi connectivity index (χ4n) is 3.44. The maximum atomic E-state index is 13.2. The van der Waals surface area contributed by atoms with Crippen LogP contribution in [0.4, 0.5) is 5.69 Å². The van der Waals surface area contributed by atoms with Crippen LogP contribution in [0, 0.1) is 20.8 Å². The van der Waals surface area contributed by atoms with Crippen LogP contribution >= 0.6 is 0 Å². The summed E-state index contributed by atoms with van der Waals surface area (Å²) in [5.41, 5.74) is 4.76. The summed E-state index contributed by atoms with van der Waals surface area (Å²) in [6.45, 7) is 7.61. The molecule has 3 aromatic heterocycles. The summed E-state index contributed by atoms with van der Waals surface area (Å²) >= 11 is 0. The van der Waals surface area contributed by atoms with Crippen molar-refractivity contribution in [1.82, 2.24) is 10.1 Å². The molecule has 3 heterocycles. The van der Waals surface area contributed by atoms with Crippen LogP contribution in [0.2, 0.25) is 0 Å². The number of aryl methyl sites for hydroxylation is 4. The van der Waals surface area contributed by atoms with Gasteiger partial charge in [-0.25, -0.2) is 4.98 Å². The van der Waals surface area contributed by atoms with Crippen molar-refractivity contribution < 1.29 is 13.7 Å². The fraction of sp³-hybridized carbons (Fsp3) is 0.227. The number of furan rings is 1. The Kier molecular flexibility index (Phi) is 4.47. The number of pyridine rings is 1. The van der Waals surface area contributed by atoms with Crippen molar-refractivity contribution in [3.63, 3.8) is 0 Å². The Morgan fingerprint density at radius 3 is 2.64 bits per heavy atom. The summed E-state index contributed by atoms with van der Waals surface area (Å²) in [5.74, 6) is 1.30. The van der Waals surface area contributed by atoms with Crippen molar-refractivity contribution in [3.05, 3.63) is 64.7 Å². The fourth-order valence-corrected chi connectivity index (χ4v) is 3.44. The van der Waals surface area contributed by atoms with Crippen molar-refractivity contribution in [2.75, 3.05) is 5.32 Å². The molecule has 142 valence electrons. The Hall–Kier alpha value is -3.41. The molecule has 1 N–H and O–H groups in total. The first-order chi connectivity index (χ1) is 13.5. The average Bonchev–Trinajstić information content (AvgIpc) is 3.23. The van der Waals surface area contributed by atoms with Crippen molar-refractivity contribution in [3.8, 4) is 11.3 Å². The molecule has 6 heteroatoms. The van der Waals surface area contributed by atoms with Gasteiger partial charge in [0, 0.05) is 11.3 Å². The van der Waals surface area contributed by atoms with E-state index in [0.717, 1.165) is 34.8 Å². The predicted octanol–water partition coefficient (Wildman–Crippen LogP) is 5.22. The van der Waals surface area contributed by atoms with Gasteiger partial charge in [-0.3, -0.25) is 4.79 Å². The summed E-state index contributed by atoms with van der Waals surface area (Å²) in [5, 5.41) is 7.65. The largest absolute Gasteiger partial charge is 0.466 e. The van der Waals surface area contributed by atoms with Gasteiger partial charge in [0.15, 0.2) is 0 Å². The van der Waals surface area contributed by atoms with Crippen molar-refractivity contribution in [1.29, 1.82) is 0 Å². The van der Waals surface area contributed by atoms with Crippen LogP contribution in [-0.2, 0) is 6.42 Å². The van der Waals surface area contributed by atoms with E-state index in [1.165, 1.54) is 0 Å². The monoisotopic (exact) mass is 375 g/mol. The molecule has 4 aromatic rings. The Bertz CT molecular complexity index is 1190. The lowest BCUT2D eigenvalue weighted by Gasteiger charge is -2.11. The van der Waals surface area contributed by atoms with E-state index in [2.05, 4.69) is 22.4 Å². The SMILES string of the molecule is CCc1ccccc1NC(=O)c1cc(-c2cc(C)oc2C)nc2onc(C)c12. The molecule has 6 nitrogen and oxygen atoms in total. The zero-order valence-corrected chi connectivity index (χ0v) is 16.3. The van der Waals surface area contributed by atoms with E-state index in [0.29, 0.717) is 28.1 Å². The van der Waals surface area contributed by atoms with E-state index in [9.17, 15) is 4.79 Å². The van der Waals surface area contributed by atoms with Crippen LogP contribution < -0.4 is 5.32 Å². The van der Waals surface area contributed by atoms with E-state index < -0.39 is 0 Å². The molecule has 1 aromatic carbocycles. The molecule has 0 saturated heterocycles. The third-order valence-electron chi connectivity index (χ3n) is 4.83. The summed E-state index contributed by atoms with van der Waals surface area (Å²) < 4.78 is 11.0. The quantitative estimate of drug-likeness (QED) is 0.529. The van der Waals surface area contributed by atoms with Gasteiger partial charge in [0.25, 0.3) is 11.6 Å². The number of carbonyl (C=O) groups is 1. The number of hydrogen-bond acceptors (Lipinski definition) is 5. The minimum Gasteiger partial charge on any atom is -0.466 e. The first-order valence-corrected chi connectivity index (χ1v) is 9.21. The number of rotatable bonds is 4. The number of nitrogens with zero attached hydrogens (tertiary/aromatic N) is 2.